The van der Waals surface area contributed by atoms with Gasteiger partial charge in [-0.2, -0.15) is 0 Å². The van der Waals surface area contributed by atoms with E-state index in [0.29, 0.717) is 6.42 Å². The lowest BCUT2D eigenvalue weighted by atomic mass is 10.0. The van der Waals surface area contributed by atoms with Crippen molar-refractivity contribution in [3.05, 3.63) is 35.9 Å². The lowest BCUT2D eigenvalue weighted by molar-refractivity contribution is -0.128. The zero-order chi connectivity index (χ0) is 22.2. The first kappa shape index (κ1) is 25.4. The second-order valence-electron chi connectivity index (χ2n) is 7.38. The lowest BCUT2D eigenvalue weighted by Crippen LogP contribution is -2.46. The van der Waals surface area contributed by atoms with Crippen LogP contribution in [0.15, 0.2) is 30.3 Å². The smallest absolute Gasteiger partial charge is 0.407 e. The van der Waals surface area contributed by atoms with E-state index < -0.39 is 30.1 Å². The van der Waals surface area contributed by atoms with Gasteiger partial charge in [0.2, 0.25) is 11.8 Å². The maximum atomic E-state index is 12.1. The Morgan fingerprint density at radius 3 is 2.40 bits per heavy atom. The highest BCUT2D eigenvalue weighted by atomic mass is 16.5. The molecule has 0 aliphatic heterocycles. The maximum Gasteiger partial charge on any atom is 0.407 e. The Balaban J connectivity index is 2.23. The Morgan fingerprint density at radius 1 is 1.07 bits per heavy atom. The molecule has 2 atom stereocenters. The van der Waals surface area contributed by atoms with Gasteiger partial charge in [0.25, 0.3) is 0 Å². The van der Waals surface area contributed by atoms with E-state index in [0.717, 1.165) is 31.2 Å². The molecule has 0 saturated carbocycles. The van der Waals surface area contributed by atoms with E-state index in [9.17, 15) is 19.5 Å². The van der Waals surface area contributed by atoms with Crippen LogP contribution in [0.4, 0.5) is 4.79 Å². The van der Waals surface area contributed by atoms with Crippen LogP contribution < -0.4 is 16.4 Å². The quantitative estimate of drug-likeness (QED) is 0.323. The molecule has 0 radical (unpaired) electrons. The summed E-state index contributed by atoms with van der Waals surface area (Å²) in [5.41, 5.74) is 6.21. The average Bonchev–Trinajstić information content (AvgIpc) is 2.72. The van der Waals surface area contributed by atoms with Crippen LogP contribution in [0, 0.1) is 0 Å². The van der Waals surface area contributed by atoms with Crippen LogP contribution in [0.5, 0.6) is 0 Å². The summed E-state index contributed by atoms with van der Waals surface area (Å²) in [6, 6.07) is 8.44. The highest BCUT2D eigenvalue weighted by molar-refractivity contribution is 5.86. The van der Waals surface area contributed by atoms with Gasteiger partial charge in [-0.1, -0.05) is 75.8 Å². The summed E-state index contributed by atoms with van der Waals surface area (Å²) in [6.45, 7) is 2.12. The number of hydrogen-bond acceptors (Lipinski definition) is 5. The summed E-state index contributed by atoms with van der Waals surface area (Å²) >= 11 is 0. The largest absolute Gasteiger partial charge is 0.445 e. The number of primary amides is 1. The normalized spacial score (nSPS) is 12.6. The van der Waals surface area contributed by atoms with Crippen molar-refractivity contribution in [2.45, 2.75) is 77.0 Å². The monoisotopic (exact) mass is 421 g/mol. The zero-order valence-corrected chi connectivity index (χ0v) is 17.8. The molecule has 1 aromatic carbocycles. The lowest BCUT2D eigenvalue weighted by Gasteiger charge is -2.17. The van der Waals surface area contributed by atoms with Crippen molar-refractivity contribution in [2.75, 3.05) is 6.54 Å². The van der Waals surface area contributed by atoms with Crippen LogP contribution in [0.3, 0.4) is 0 Å². The van der Waals surface area contributed by atoms with Crippen molar-refractivity contribution < 1.29 is 24.2 Å². The standard InChI is InChI=1S/C22H35N3O5/c1-2-3-4-5-6-10-13-19(21(23)28)25-20(27)14-18(26)15-24-22(29)30-16-17-11-8-7-9-12-17/h7-9,11-12,18-19,26H,2-6,10,13-16H2,1H3,(H2,23,28)(H,24,29)(H,25,27)/t18-,19-/m0/s1. The van der Waals surface area contributed by atoms with E-state index in [1.54, 1.807) is 0 Å². The van der Waals surface area contributed by atoms with Gasteiger partial charge in [0.05, 0.1) is 12.5 Å². The third-order valence-electron chi connectivity index (χ3n) is 4.64. The van der Waals surface area contributed by atoms with Gasteiger partial charge in [-0.15, -0.1) is 0 Å². The molecule has 0 saturated heterocycles. The number of carbonyl (C=O) groups is 3. The molecule has 3 amide bonds. The molecule has 0 fully saturated rings. The van der Waals surface area contributed by atoms with Gasteiger partial charge in [0.1, 0.15) is 12.6 Å². The Morgan fingerprint density at radius 2 is 1.73 bits per heavy atom. The van der Waals surface area contributed by atoms with Crippen LogP contribution in [0.25, 0.3) is 0 Å². The number of aliphatic hydroxyl groups excluding tert-OH is 1. The third kappa shape index (κ3) is 12.1. The Hall–Kier alpha value is -2.61. The van der Waals surface area contributed by atoms with Crippen molar-refractivity contribution in [3.8, 4) is 0 Å². The predicted octanol–water partition coefficient (Wildman–Crippen LogP) is 2.38. The van der Waals surface area contributed by atoms with Gasteiger partial charge in [-0.3, -0.25) is 9.59 Å². The maximum absolute atomic E-state index is 12.1. The number of hydrogen-bond donors (Lipinski definition) is 4. The van der Waals surface area contributed by atoms with Crippen LogP contribution in [-0.2, 0) is 20.9 Å². The second kappa shape index (κ2) is 15.3. The number of alkyl carbamates (subject to hydrolysis) is 1. The van der Waals surface area contributed by atoms with Gasteiger partial charge >= 0.3 is 6.09 Å². The minimum Gasteiger partial charge on any atom is -0.445 e. The average molecular weight is 422 g/mol. The van der Waals surface area contributed by atoms with E-state index in [2.05, 4.69) is 17.6 Å². The van der Waals surface area contributed by atoms with Gasteiger partial charge < -0.3 is 26.2 Å². The molecule has 0 aliphatic carbocycles. The van der Waals surface area contributed by atoms with E-state index in [-0.39, 0.29) is 19.6 Å². The third-order valence-corrected chi connectivity index (χ3v) is 4.64. The minimum atomic E-state index is -1.10. The molecule has 1 rings (SSSR count). The molecular formula is C22H35N3O5. The number of aliphatic hydroxyl groups is 1. The summed E-state index contributed by atoms with van der Waals surface area (Å²) in [7, 11) is 0. The fourth-order valence-corrected chi connectivity index (χ4v) is 2.93. The molecule has 5 N–H and O–H groups in total. The molecule has 8 heteroatoms. The number of unbranched alkanes of at least 4 members (excludes halogenated alkanes) is 5. The van der Waals surface area contributed by atoms with Crippen molar-refractivity contribution in [1.29, 1.82) is 0 Å². The van der Waals surface area contributed by atoms with Crippen LogP contribution >= 0.6 is 0 Å². The Kier molecular flexibility index (Phi) is 12.9. The van der Waals surface area contributed by atoms with E-state index >= 15 is 0 Å². The van der Waals surface area contributed by atoms with E-state index in [1.807, 2.05) is 30.3 Å². The fourth-order valence-electron chi connectivity index (χ4n) is 2.93. The van der Waals surface area contributed by atoms with E-state index in [1.165, 1.54) is 12.8 Å². The highest BCUT2D eigenvalue weighted by Crippen LogP contribution is 2.09. The SMILES string of the molecule is CCCCCCCC[C@H](NC(=O)C[C@H](O)CNC(=O)OCc1ccccc1)C(N)=O. The molecule has 1 aromatic rings. The van der Waals surface area contributed by atoms with Crippen molar-refractivity contribution in [1.82, 2.24) is 10.6 Å². The Bertz CT molecular complexity index is 639. The summed E-state index contributed by atoms with van der Waals surface area (Å²) in [5.74, 6) is -1.08. The predicted molar refractivity (Wildman–Crippen MR) is 114 cm³/mol. The zero-order valence-electron chi connectivity index (χ0n) is 17.8. The molecule has 168 valence electrons. The topological polar surface area (TPSA) is 131 Å². The molecular weight excluding hydrogens is 386 g/mol. The number of amides is 3. The van der Waals surface area contributed by atoms with Gasteiger partial charge in [-0.25, -0.2) is 4.79 Å². The first-order chi connectivity index (χ1) is 14.4. The number of carbonyl (C=O) groups excluding carboxylic acids is 3. The minimum absolute atomic E-state index is 0.113. The summed E-state index contributed by atoms with van der Waals surface area (Å²) in [6.07, 6.45) is 4.85. The number of nitrogens with two attached hydrogens (primary N) is 1. The van der Waals surface area contributed by atoms with Crippen molar-refractivity contribution in [2.24, 2.45) is 5.73 Å². The number of nitrogens with one attached hydrogen (secondary N) is 2. The van der Waals surface area contributed by atoms with Crippen molar-refractivity contribution in [3.63, 3.8) is 0 Å². The second-order valence-corrected chi connectivity index (χ2v) is 7.38. The number of ether oxygens (including phenoxy) is 1. The first-order valence-corrected chi connectivity index (χ1v) is 10.6. The van der Waals surface area contributed by atoms with Gasteiger partial charge in [0, 0.05) is 6.54 Å². The van der Waals surface area contributed by atoms with Crippen LogP contribution in [0.1, 0.15) is 63.9 Å². The molecule has 30 heavy (non-hydrogen) atoms. The molecule has 0 aromatic heterocycles. The van der Waals surface area contributed by atoms with Crippen LogP contribution in [-0.4, -0.2) is 41.7 Å². The van der Waals surface area contributed by atoms with Crippen LogP contribution in [0.2, 0.25) is 0 Å². The first-order valence-electron chi connectivity index (χ1n) is 10.6. The van der Waals surface area contributed by atoms with E-state index in [4.69, 9.17) is 10.5 Å². The molecule has 0 bridgehead atoms. The van der Waals surface area contributed by atoms with Crippen molar-refractivity contribution >= 4 is 17.9 Å². The molecule has 0 heterocycles. The number of rotatable bonds is 15. The molecule has 8 nitrogen and oxygen atoms in total. The Labute approximate surface area is 178 Å². The summed E-state index contributed by atoms with van der Waals surface area (Å²) in [4.78, 5) is 35.3. The number of benzene rings is 1. The van der Waals surface area contributed by atoms with Gasteiger partial charge in [-0.05, 0) is 12.0 Å². The fraction of sp³-hybridized carbons (Fsp3) is 0.591. The summed E-state index contributed by atoms with van der Waals surface area (Å²) in [5, 5.41) is 14.9. The molecule has 0 unspecified atom stereocenters. The molecule has 0 spiro atoms. The summed E-state index contributed by atoms with van der Waals surface area (Å²) < 4.78 is 5.04. The van der Waals surface area contributed by atoms with Gasteiger partial charge in [0.15, 0.2) is 0 Å². The molecule has 0 aliphatic rings. The highest BCUT2D eigenvalue weighted by Gasteiger charge is 2.20.